The normalized spacial score (nSPS) is 15.2. The van der Waals surface area contributed by atoms with Crippen LogP contribution >= 0.6 is 0 Å². The van der Waals surface area contributed by atoms with E-state index in [1.54, 1.807) is 7.11 Å². The molecule has 0 aliphatic carbocycles. The topological polar surface area (TPSA) is 49.8 Å². The maximum Gasteiger partial charge on any atom is 0.219 e. The van der Waals surface area contributed by atoms with E-state index in [9.17, 15) is 4.79 Å². The summed E-state index contributed by atoms with van der Waals surface area (Å²) in [6.45, 7) is 8.36. The molecule has 1 saturated heterocycles. The van der Waals surface area contributed by atoms with Crippen molar-refractivity contribution < 1.29 is 14.4 Å². The molecule has 1 aromatic heterocycles. The second-order valence-electron chi connectivity index (χ2n) is 7.68. The number of ether oxygens (including phenoxy) is 1. The van der Waals surface area contributed by atoms with Gasteiger partial charge in [-0.2, -0.15) is 0 Å². The Balaban J connectivity index is 1.44. The van der Waals surface area contributed by atoms with Gasteiger partial charge >= 0.3 is 0 Å². The van der Waals surface area contributed by atoms with Crippen LogP contribution < -0.4 is 14.5 Å². The van der Waals surface area contributed by atoms with Gasteiger partial charge in [-0.05, 0) is 37.6 Å². The number of aryl methyl sites for hydroxylation is 2. The van der Waals surface area contributed by atoms with Gasteiger partial charge in [-0.15, -0.1) is 0 Å². The van der Waals surface area contributed by atoms with Crippen molar-refractivity contribution in [1.82, 2.24) is 4.98 Å². The highest BCUT2D eigenvalue weighted by Crippen LogP contribution is 2.27. The summed E-state index contributed by atoms with van der Waals surface area (Å²) in [6.07, 6.45) is 0. The van der Waals surface area contributed by atoms with Crippen LogP contribution in [0, 0.1) is 13.8 Å². The average molecular weight is 378 g/mol. The minimum atomic E-state index is 0.230. The average Bonchev–Trinajstić information content (AvgIpc) is 3.03. The SMILES string of the molecule is COc1ccccc1N1CC[NH+](CC(=O)c2c(C)[nH]c3cc(C)ccc23)CC1. The van der Waals surface area contributed by atoms with E-state index in [1.165, 1.54) is 10.5 Å². The van der Waals surface area contributed by atoms with Gasteiger partial charge in [-0.3, -0.25) is 4.79 Å². The number of aromatic nitrogens is 1. The summed E-state index contributed by atoms with van der Waals surface area (Å²) in [6, 6.07) is 14.4. The molecule has 5 nitrogen and oxygen atoms in total. The van der Waals surface area contributed by atoms with E-state index in [-0.39, 0.29) is 5.78 Å². The number of anilines is 1. The Morgan fingerprint density at radius 1 is 1.14 bits per heavy atom. The third-order valence-corrected chi connectivity index (χ3v) is 5.73. The van der Waals surface area contributed by atoms with Gasteiger partial charge < -0.3 is 19.5 Å². The minimum Gasteiger partial charge on any atom is -0.495 e. The number of H-pyrrole nitrogens is 1. The quantitative estimate of drug-likeness (QED) is 0.671. The first-order valence-corrected chi connectivity index (χ1v) is 9.90. The van der Waals surface area contributed by atoms with Crippen molar-refractivity contribution in [3.8, 4) is 5.75 Å². The number of methoxy groups -OCH3 is 1. The summed E-state index contributed by atoms with van der Waals surface area (Å²) in [5.41, 5.74) is 5.22. The maximum atomic E-state index is 13.1. The molecule has 5 heteroatoms. The van der Waals surface area contributed by atoms with E-state index in [0.717, 1.165) is 59.8 Å². The number of ketones is 1. The number of rotatable bonds is 5. The summed E-state index contributed by atoms with van der Waals surface area (Å²) in [5, 5.41) is 1.04. The lowest BCUT2D eigenvalue weighted by molar-refractivity contribution is -0.892. The molecule has 0 bridgehead atoms. The van der Waals surface area contributed by atoms with Crippen molar-refractivity contribution in [2.24, 2.45) is 0 Å². The van der Waals surface area contributed by atoms with Gasteiger partial charge in [0.1, 0.15) is 12.3 Å². The van der Waals surface area contributed by atoms with Crippen LogP contribution in [0.25, 0.3) is 10.9 Å². The van der Waals surface area contributed by atoms with Crippen LogP contribution in [0.5, 0.6) is 5.75 Å². The molecule has 146 valence electrons. The number of piperazine rings is 1. The van der Waals surface area contributed by atoms with Crippen molar-refractivity contribution in [1.29, 1.82) is 0 Å². The van der Waals surface area contributed by atoms with Crippen LogP contribution in [0.4, 0.5) is 5.69 Å². The van der Waals surface area contributed by atoms with Gasteiger partial charge in [0.05, 0.1) is 44.5 Å². The number of fused-ring (bicyclic) bond motifs is 1. The predicted molar refractivity (Wildman–Crippen MR) is 113 cm³/mol. The fraction of sp³-hybridized carbons (Fsp3) is 0.348. The lowest BCUT2D eigenvalue weighted by Gasteiger charge is -2.34. The van der Waals surface area contributed by atoms with E-state index >= 15 is 0 Å². The number of hydrogen-bond donors (Lipinski definition) is 2. The first-order valence-electron chi connectivity index (χ1n) is 9.90. The molecular weight excluding hydrogens is 350 g/mol. The summed E-state index contributed by atoms with van der Waals surface area (Å²) in [4.78, 5) is 20.1. The molecule has 0 atom stereocenters. The van der Waals surface area contributed by atoms with Crippen molar-refractivity contribution >= 4 is 22.4 Å². The van der Waals surface area contributed by atoms with E-state index in [1.807, 2.05) is 25.1 Å². The summed E-state index contributed by atoms with van der Waals surface area (Å²) >= 11 is 0. The first-order chi connectivity index (χ1) is 13.6. The van der Waals surface area contributed by atoms with E-state index < -0.39 is 0 Å². The number of aromatic amines is 1. The van der Waals surface area contributed by atoms with Crippen LogP contribution in [0.15, 0.2) is 42.5 Å². The first kappa shape index (κ1) is 18.6. The number of carbonyl (C=O) groups is 1. The number of nitrogens with one attached hydrogen (secondary N) is 2. The molecule has 0 spiro atoms. The van der Waals surface area contributed by atoms with E-state index in [4.69, 9.17) is 4.74 Å². The van der Waals surface area contributed by atoms with Gasteiger partial charge in [0.2, 0.25) is 5.78 Å². The Labute approximate surface area is 165 Å². The van der Waals surface area contributed by atoms with Gasteiger partial charge in [0, 0.05) is 16.6 Å². The summed E-state index contributed by atoms with van der Waals surface area (Å²) < 4.78 is 5.50. The molecule has 1 aliphatic heterocycles. The Morgan fingerprint density at radius 2 is 1.89 bits per heavy atom. The molecule has 0 amide bonds. The Morgan fingerprint density at radius 3 is 2.64 bits per heavy atom. The maximum absolute atomic E-state index is 13.1. The van der Waals surface area contributed by atoms with Gasteiger partial charge in [0.25, 0.3) is 0 Å². The standard InChI is InChI=1S/C23H27N3O2/c1-16-8-9-18-19(14-16)24-17(2)23(18)21(27)15-25-10-12-26(13-11-25)20-6-4-5-7-22(20)28-3/h4-9,14,24H,10-13,15H2,1-3H3/p+1. The fourth-order valence-corrected chi connectivity index (χ4v) is 4.25. The molecule has 0 unspecified atom stereocenters. The highest BCUT2D eigenvalue weighted by atomic mass is 16.5. The number of Topliss-reactive ketones (excluding diaryl/α,β-unsaturated/α-hetero) is 1. The van der Waals surface area contributed by atoms with Crippen molar-refractivity contribution in [3.05, 3.63) is 59.3 Å². The van der Waals surface area contributed by atoms with Gasteiger partial charge in [-0.25, -0.2) is 0 Å². The number of hydrogen-bond acceptors (Lipinski definition) is 3. The summed E-state index contributed by atoms with van der Waals surface area (Å²) in [7, 11) is 1.71. The van der Waals surface area contributed by atoms with Crippen LogP contribution in [-0.4, -0.2) is 50.6 Å². The Kier molecular flexibility index (Phi) is 5.09. The molecule has 1 fully saturated rings. The van der Waals surface area contributed by atoms with E-state index in [2.05, 4.69) is 41.1 Å². The van der Waals surface area contributed by atoms with Crippen LogP contribution in [0.1, 0.15) is 21.6 Å². The molecule has 28 heavy (non-hydrogen) atoms. The number of benzene rings is 2. The molecule has 2 aromatic carbocycles. The second kappa shape index (κ2) is 7.68. The molecule has 3 aromatic rings. The Bertz CT molecular complexity index is 1000. The number of nitrogens with zero attached hydrogens (tertiary/aromatic N) is 1. The molecule has 4 rings (SSSR count). The lowest BCUT2D eigenvalue weighted by Crippen LogP contribution is -3.15. The van der Waals surface area contributed by atoms with Gasteiger partial charge in [-0.1, -0.05) is 24.3 Å². The highest BCUT2D eigenvalue weighted by molar-refractivity contribution is 6.09. The zero-order valence-electron chi connectivity index (χ0n) is 16.8. The molecule has 1 aliphatic rings. The van der Waals surface area contributed by atoms with Crippen LogP contribution in [0.3, 0.4) is 0 Å². The highest BCUT2D eigenvalue weighted by Gasteiger charge is 2.26. The monoisotopic (exact) mass is 378 g/mol. The van der Waals surface area contributed by atoms with E-state index in [0.29, 0.717) is 6.54 Å². The van der Waals surface area contributed by atoms with Crippen LogP contribution in [0.2, 0.25) is 0 Å². The van der Waals surface area contributed by atoms with Crippen molar-refractivity contribution in [2.75, 3.05) is 44.7 Å². The zero-order valence-corrected chi connectivity index (χ0v) is 16.8. The predicted octanol–water partition coefficient (Wildman–Crippen LogP) is 2.38. The number of quaternary nitrogens is 1. The van der Waals surface area contributed by atoms with Gasteiger partial charge in [0.15, 0.2) is 0 Å². The van der Waals surface area contributed by atoms with Crippen molar-refractivity contribution in [3.63, 3.8) is 0 Å². The largest absolute Gasteiger partial charge is 0.495 e. The molecule has 0 radical (unpaired) electrons. The Hall–Kier alpha value is -2.79. The molecular formula is C23H28N3O2+. The molecule has 0 saturated carbocycles. The number of carbonyl (C=O) groups excluding carboxylic acids is 1. The third kappa shape index (κ3) is 3.50. The summed E-state index contributed by atoms with van der Waals surface area (Å²) in [5.74, 6) is 1.14. The fourth-order valence-electron chi connectivity index (χ4n) is 4.25. The van der Waals surface area contributed by atoms with Crippen LogP contribution in [-0.2, 0) is 0 Å². The third-order valence-electron chi connectivity index (χ3n) is 5.73. The smallest absolute Gasteiger partial charge is 0.219 e. The molecule has 2 heterocycles. The van der Waals surface area contributed by atoms with Crippen molar-refractivity contribution in [2.45, 2.75) is 13.8 Å². The second-order valence-corrected chi connectivity index (χ2v) is 7.68. The zero-order chi connectivity index (χ0) is 19.7. The molecule has 2 N–H and O–H groups in total. The minimum absolute atomic E-state index is 0.230. The lowest BCUT2D eigenvalue weighted by atomic mass is 10.0. The number of para-hydroxylation sites is 2.